The monoisotopic (exact) mass is 233 g/mol. The molecule has 3 heteroatoms. The number of benzene rings is 1. The molecule has 0 unspecified atom stereocenters. The van der Waals surface area contributed by atoms with Crippen molar-refractivity contribution in [3.8, 4) is 5.75 Å². The molecule has 2 rings (SSSR count). The minimum atomic E-state index is 0.0535. The van der Waals surface area contributed by atoms with Crippen LogP contribution in [0.5, 0.6) is 5.75 Å². The summed E-state index contributed by atoms with van der Waals surface area (Å²) >= 11 is 0. The van der Waals surface area contributed by atoms with Gasteiger partial charge >= 0.3 is 0 Å². The van der Waals surface area contributed by atoms with E-state index in [4.69, 9.17) is 10.5 Å². The molecule has 1 saturated carbocycles. The maximum absolute atomic E-state index is 12.3. The lowest BCUT2D eigenvalue weighted by Crippen LogP contribution is -2.39. The lowest BCUT2D eigenvalue weighted by Gasteiger charge is -2.40. The van der Waals surface area contributed by atoms with Gasteiger partial charge in [0.2, 0.25) is 0 Å². The lowest BCUT2D eigenvalue weighted by molar-refractivity contribution is 0.0783. The summed E-state index contributed by atoms with van der Waals surface area (Å²) in [5.41, 5.74) is 6.51. The summed E-state index contributed by atoms with van der Waals surface area (Å²) < 4.78 is 5.21. The molecule has 0 saturated heterocycles. The number of carbonyl (C=O) groups excluding carboxylic acids is 1. The van der Waals surface area contributed by atoms with Gasteiger partial charge in [-0.3, -0.25) is 4.79 Å². The molecular formula is C14H19NO2. The van der Waals surface area contributed by atoms with E-state index in [1.54, 1.807) is 7.11 Å². The fraction of sp³-hybridized carbons (Fsp3) is 0.500. The third-order valence-electron chi connectivity index (χ3n) is 3.79. The van der Waals surface area contributed by atoms with Crippen molar-refractivity contribution < 1.29 is 9.53 Å². The normalized spacial score (nSPS) is 17.3. The molecule has 1 fully saturated rings. The molecule has 3 nitrogen and oxygen atoms in total. The number of nitrogens with two attached hydrogens (primary N) is 1. The predicted molar refractivity (Wildman–Crippen MR) is 67.3 cm³/mol. The molecule has 0 bridgehead atoms. The number of ether oxygens (including phenoxy) is 1. The summed E-state index contributed by atoms with van der Waals surface area (Å²) in [7, 11) is 1.59. The molecule has 2 N–H and O–H groups in total. The van der Waals surface area contributed by atoms with Gasteiger partial charge in [-0.2, -0.15) is 0 Å². The fourth-order valence-corrected chi connectivity index (χ4v) is 2.44. The highest BCUT2D eigenvalue weighted by molar-refractivity contribution is 5.99. The van der Waals surface area contributed by atoms with Gasteiger partial charge in [0.05, 0.1) is 12.7 Å². The van der Waals surface area contributed by atoms with Crippen LogP contribution < -0.4 is 10.5 Å². The Hall–Kier alpha value is -1.35. The van der Waals surface area contributed by atoms with Gasteiger partial charge in [0.25, 0.3) is 0 Å². The van der Waals surface area contributed by atoms with E-state index >= 15 is 0 Å². The van der Waals surface area contributed by atoms with Crippen LogP contribution in [-0.4, -0.2) is 19.4 Å². The van der Waals surface area contributed by atoms with E-state index in [1.807, 2.05) is 24.3 Å². The topological polar surface area (TPSA) is 52.3 Å². The summed E-state index contributed by atoms with van der Waals surface area (Å²) in [6.07, 6.45) is 3.88. The first-order valence-corrected chi connectivity index (χ1v) is 6.07. The largest absolute Gasteiger partial charge is 0.496 e. The van der Waals surface area contributed by atoms with Gasteiger partial charge in [0, 0.05) is 6.42 Å². The summed E-state index contributed by atoms with van der Waals surface area (Å²) in [4.78, 5) is 12.3. The predicted octanol–water partition coefficient (Wildman–Crippen LogP) is 2.40. The van der Waals surface area contributed by atoms with Crippen molar-refractivity contribution in [3.63, 3.8) is 0 Å². The second-order valence-corrected chi connectivity index (χ2v) is 4.86. The second kappa shape index (κ2) is 4.88. The molecule has 0 aliphatic heterocycles. The van der Waals surface area contributed by atoms with Crippen molar-refractivity contribution >= 4 is 5.78 Å². The Labute approximate surface area is 102 Å². The Morgan fingerprint density at radius 3 is 2.65 bits per heavy atom. The number of Topliss-reactive ketones (excluding diaryl/α,β-unsaturated/α-hetero) is 1. The van der Waals surface area contributed by atoms with Gasteiger partial charge < -0.3 is 10.5 Å². The summed E-state index contributed by atoms with van der Waals surface area (Å²) in [6, 6.07) is 7.39. The Kier molecular flexibility index (Phi) is 3.48. The third kappa shape index (κ3) is 2.34. The number of para-hydroxylation sites is 1. The second-order valence-electron chi connectivity index (χ2n) is 4.86. The van der Waals surface area contributed by atoms with E-state index in [0.29, 0.717) is 24.3 Å². The maximum Gasteiger partial charge on any atom is 0.167 e. The van der Waals surface area contributed by atoms with Crippen molar-refractivity contribution in [2.24, 2.45) is 11.1 Å². The number of hydrogen-bond donors (Lipinski definition) is 1. The summed E-state index contributed by atoms with van der Waals surface area (Å²) in [5.74, 6) is 0.802. The molecule has 0 heterocycles. The van der Waals surface area contributed by atoms with Crippen molar-refractivity contribution in [1.29, 1.82) is 0 Å². The number of hydrogen-bond acceptors (Lipinski definition) is 3. The number of ketones is 1. The molecule has 92 valence electrons. The molecule has 0 amide bonds. The van der Waals surface area contributed by atoms with Crippen LogP contribution in [0.1, 0.15) is 36.0 Å². The van der Waals surface area contributed by atoms with Crippen LogP contribution in [0, 0.1) is 5.41 Å². The van der Waals surface area contributed by atoms with Gasteiger partial charge in [-0.1, -0.05) is 18.6 Å². The number of methoxy groups -OCH3 is 1. The Bertz CT molecular complexity index is 405. The lowest BCUT2D eigenvalue weighted by atomic mass is 9.65. The highest BCUT2D eigenvalue weighted by Crippen LogP contribution is 2.44. The van der Waals surface area contributed by atoms with Crippen LogP contribution in [0.15, 0.2) is 24.3 Å². The Balaban J connectivity index is 2.14. The van der Waals surface area contributed by atoms with Gasteiger partial charge in [0.1, 0.15) is 5.75 Å². The molecule has 0 atom stereocenters. The molecule has 1 aliphatic rings. The van der Waals surface area contributed by atoms with Crippen LogP contribution in [-0.2, 0) is 0 Å². The van der Waals surface area contributed by atoms with Gasteiger partial charge in [0.15, 0.2) is 5.78 Å². The molecular weight excluding hydrogens is 214 g/mol. The van der Waals surface area contributed by atoms with E-state index in [9.17, 15) is 4.79 Å². The summed E-state index contributed by atoms with van der Waals surface area (Å²) in [6.45, 7) is 0.605. The number of carbonyl (C=O) groups is 1. The molecule has 1 aromatic rings. The van der Waals surface area contributed by atoms with Crippen molar-refractivity contribution in [3.05, 3.63) is 29.8 Å². The quantitative estimate of drug-likeness (QED) is 0.794. The van der Waals surface area contributed by atoms with Crippen molar-refractivity contribution in [1.82, 2.24) is 0 Å². The van der Waals surface area contributed by atoms with E-state index in [1.165, 1.54) is 6.42 Å². The first-order chi connectivity index (χ1) is 8.21. The molecule has 17 heavy (non-hydrogen) atoms. The standard InChI is InChI=1S/C14H19NO2/c1-17-13-6-3-2-5-11(13)12(16)9-14(10-15)7-4-8-14/h2-3,5-6H,4,7-10,15H2,1H3. The van der Waals surface area contributed by atoms with Crippen molar-refractivity contribution in [2.45, 2.75) is 25.7 Å². The maximum atomic E-state index is 12.3. The molecule has 1 aromatic carbocycles. The highest BCUT2D eigenvalue weighted by Gasteiger charge is 2.37. The summed E-state index contributed by atoms with van der Waals surface area (Å²) in [5, 5.41) is 0. The zero-order chi connectivity index (χ0) is 12.3. The highest BCUT2D eigenvalue weighted by atomic mass is 16.5. The molecule has 0 radical (unpaired) electrons. The van der Waals surface area contributed by atoms with Crippen LogP contribution in [0.2, 0.25) is 0 Å². The van der Waals surface area contributed by atoms with E-state index in [-0.39, 0.29) is 11.2 Å². The Morgan fingerprint density at radius 1 is 1.41 bits per heavy atom. The smallest absolute Gasteiger partial charge is 0.167 e. The van der Waals surface area contributed by atoms with Gasteiger partial charge in [-0.25, -0.2) is 0 Å². The van der Waals surface area contributed by atoms with E-state index < -0.39 is 0 Å². The minimum Gasteiger partial charge on any atom is -0.496 e. The Morgan fingerprint density at radius 2 is 2.12 bits per heavy atom. The molecule has 0 aromatic heterocycles. The molecule has 0 spiro atoms. The third-order valence-corrected chi connectivity index (χ3v) is 3.79. The fourth-order valence-electron chi connectivity index (χ4n) is 2.44. The molecule has 1 aliphatic carbocycles. The average Bonchev–Trinajstić information content (AvgIpc) is 2.33. The van der Waals surface area contributed by atoms with Crippen LogP contribution in [0.25, 0.3) is 0 Å². The zero-order valence-electron chi connectivity index (χ0n) is 10.2. The van der Waals surface area contributed by atoms with E-state index in [2.05, 4.69) is 0 Å². The van der Waals surface area contributed by atoms with Crippen LogP contribution in [0.3, 0.4) is 0 Å². The first kappa shape index (κ1) is 12.1. The zero-order valence-corrected chi connectivity index (χ0v) is 10.2. The number of rotatable bonds is 5. The average molecular weight is 233 g/mol. The van der Waals surface area contributed by atoms with Crippen molar-refractivity contribution in [2.75, 3.05) is 13.7 Å². The first-order valence-electron chi connectivity index (χ1n) is 6.07. The minimum absolute atomic E-state index is 0.0535. The van der Waals surface area contributed by atoms with Crippen LogP contribution >= 0.6 is 0 Å². The SMILES string of the molecule is COc1ccccc1C(=O)CC1(CN)CCC1. The van der Waals surface area contributed by atoms with Gasteiger partial charge in [-0.05, 0) is 36.9 Å². The van der Waals surface area contributed by atoms with Gasteiger partial charge in [-0.15, -0.1) is 0 Å². The van der Waals surface area contributed by atoms with Crippen LogP contribution in [0.4, 0.5) is 0 Å². The van der Waals surface area contributed by atoms with E-state index in [0.717, 1.165) is 12.8 Å².